The number of aliphatic hydroxyl groups excluding tert-OH is 1. The van der Waals surface area contributed by atoms with E-state index in [-0.39, 0.29) is 17.6 Å². The SMILES string of the molecule is CC(O)C1CCN(c2cc(N)nc(C(F)(F)F)n2)CC1. The average molecular weight is 290 g/mol. The van der Waals surface area contributed by atoms with Crippen LogP contribution in [0.25, 0.3) is 0 Å². The van der Waals surface area contributed by atoms with Gasteiger partial charge in [0.25, 0.3) is 0 Å². The second-order valence-corrected chi connectivity index (χ2v) is 5.04. The van der Waals surface area contributed by atoms with E-state index < -0.39 is 18.1 Å². The first-order valence-corrected chi connectivity index (χ1v) is 6.42. The smallest absolute Gasteiger partial charge is 0.393 e. The fourth-order valence-electron chi connectivity index (χ4n) is 2.35. The van der Waals surface area contributed by atoms with Gasteiger partial charge in [0.05, 0.1) is 6.10 Å². The summed E-state index contributed by atoms with van der Waals surface area (Å²) in [6.07, 6.45) is -3.59. The molecule has 0 aliphatic carbocycles. The van der Waals surface area contributed by atoms with Gasteiger partial charge in [0, 0.05) is 19.2 Å². The van der Waals surface area contributed by atoms with E-state index in [0.29, 0.717) is 25.9 Å². The number of anilines is 2. The molecule has 20 heavy (non-hydrogen) atoms. The topological polar surface area (TPSA) is 75.3 Å². The largest absolute Gasteiger partial charge is 0.451 e. The van der Waals surface area contributed by atoms with Crippen LogP contribution in [0.15, 0.2) is 6.07 Å². The average Bonchev–Trinajstić information content (AvgIpc) is 2.37. The minimum atomic E-state index is -4.61. The molecule has 0 spiro atoms. The van der Waals surface area contributed by atoms with Crippen LogP contribution in [-0.2, 0) is 6.18 Å². The van der Waals surface area contributed by atoms with E-state index in [1.54, 1.807) is 11.8 Å². The first-order valence-electron chi connectivity index (χ1n) is 6.42. The van der Waals surface area contributed by atoms with Crippen molar-refractivity contribution in [3.8, 4) is 0 Å². The highest BCUT2D eigenvalue weighted by atomic mass is 19.4. The van der Waals surface area contributed by atoms with Crippen LogP contribution >= 0.6 is 0 Å². The second kappa shape index (κ2) is 5.43. The van der Waals surface area contributed by atoms with Crippen LogP contribution in [-0.4, -0.2) is 34.3 Å². The molecule has 112 valence electrons. The van der Waals surface area contributed by atoms with Gasteiger partial charge < -0.3 is 15.7 Å². The Morgan fingerprint density at radius 3 is 2.45 bits per heavy atom. The molecule has 1 atom stereocenters. The van der Waals surface area contributed by atoms with Crippen molar-refractivity contribution in [2.24, 2.45) is 5.92 Å². The van der Waals surface area contributed by atoms with Crippen molar-refractivity contribution >= 4 is 11.6 Å². The van der Waals surface area contributed by atoms with Gasteiger partial charge in [-0.3, -0.25) is 0 Å². The summed E-state index contributed by atoms with van der Waals surface area (Å²) in [4.78, 5) is 8.51. The van der Waals surface area contributed by atoms with Gasteiger partial charge in [-0.25, -0.2) is 9.97 Å². The van der Waals surface area contributed by atoms with E-state index in [2.05, 4.69) is 9.97 Å². The van der Waals surface area contributed by atoms with Crippen LogP contribution in [0.2, 0.25) is 0 Å². The molecular weight excluding hydrogens is 273 g/mol. The molecule has 1 aliphatic rings. The maximum absolute atomic E-state index is 12.7. The molecule has 0 amide bonds. The Morgan fingerprint density at radius 2 is 1.95 bits per heavy atom. The molecule has 2 rings (SSSR count). The number of nitrogen functional groups attached to an aromatic ring is 1. The number of hydrogen-bond acceptors (Lipinski definition) is 5. The number of halogens is 3. The molecule has 2 heterocycles. The highest BCUT2D eigenvalue weighted by Crippen LogP contribution is 2.30. The van der Waals surface area contributed by atoms with Gasteiger partial charge in [0.15, 0.2) is 0 Å². The van der Waals surface area contributed by atoms with Crippen LogP contribution in [0, 0.1) is 5.92 Å². The standard InChI is InChI=1S/C12H17F3N4O/c1-7(20)8-2-4-19(5-3-8)10-6-9(16)17-11(18-10)12(13,14)15/h6-8,20H,2-5H2,1H3,(H2,16,17,18). The normalized spacial score (nSPS) is 19.1. The Balaban J connectivity index is 2.16. The highest BCUT2D eigenvalue weighted by Gasteiger charge is 2.36. The van der Waals surface area contributed by atoms with Crippen LogP contribution in [0.1, 0.15) is 25.6 Å². The summed E-state index contributed by atoms with van der Waals surface area (Å²) in [6.45, 7) is 2.82. The van der Waals surface area contributed by atoms with Crippen LogP contribution in [0.5, 0.6) is 0 Å². The third-order valence-corrected chi connectivity index (χ3v) is 3.53. The summed E-state index contributed by atoms with van der Waals surface area (Å²) >= 11 is 0. The lowest BCUT2D eigenvalue weighted by atomic mass is 9.92. The molecule has 3 N–H and O–H groups in total. The number of hydrogen-bond donors (Lipinski definition) is 2. The highest BCUT2D eigenvalue weighted by molar-refractivity contribution is 5.47. The molecule has 1 aliphatic heterocycles. The molecule has 1 aromatic heterocycles. The molecule has 1 fully saturated rings. The Bertz CT molecular complexity index is 470. The molecule has 1 unspecified atom stereocenters. The number of rotatable bonds is 2. The Morgan fingerprint density at radius 1 is 1.35 bits per heavy atom. The summed E-state index contributed by atoms with van der Waals surface area (Å²) in [7, 11) is 0. The van der Waals surface area contributed by atoms with E-state index in [0.717, 1.165) is 0 Å². The molecule has 0 saturated carbocycles. The van der Waals surface area contributed by atoms with Crippen LogP contribution in [0.3, 0.4) is 0 Å². The molecule has 8 heteroatoms. The molecule has 0 radical (unpaired) electrons. The lowest BCUT2D eigenvalue weighted by molar-refractivity contribution is -0.144. The van der Waals surface area contributed by atoms with Crippen molar-refractivity contribution in [3.63, 3.8) is 0 Å². The minimum absolute atomic E-state index is 0.174. The number of aromatic nitrogens is 2. The number of nitrogens with zero attached hydrogens (tertiary/aromatic N) is 3. The van der Waals surface area contributed by atoms with Crippen molar-refractivity contribution in [1.29, 1.82) is 0 Å². The summed E-state index contributed by atoms with van der Waals surface area (Å²) in [5.74, 6) is -1.05. The summed E-state index contributed by atoms with van der Waals surface area (Å²) < 4.78 is 38.0. The molecule has 0 bridgehead atoms. The van der Waals surface area contributed by atoms with E-state index >= 15 is 0 Å². The zero-order chi connectivity index (χ0) is 14.9. The van der Waals surface area contributed by atoms with Gasteiger partial charge in [-0.15, -0.1) is 0 Å². The Labute approximate surface area is 114 Å². The predicted molar refractivity (Wildman–Crippen MR) is 68.1 cm³/mol. The molecule has 5 nitrogen and oxygen atoms in total. The van der Waals surface area contributed by atoms with Crippen molar-refractivity contribution in [2.75, 3.05) is 23.7 Å². The van der Waals surface area contributed by atoms with Gasteiger partial charge in [-0.2, -0.15) is 13.2 Å². The maximum atomic E-state index is 12.7. The zero-order valence-electron chi connectivity index (χ0n) is 11.1. The number of alkyl halides is 3. The molecule has 1 saturated heterocycles. The zero-order valence-corrected chi connectivity index (χ0v) is 11.1. The minimum Gasteiger partial charge on any atom is -0.393 e. The quantitative estimate of drug-likeness (QED) is 0.866. The van der Waals surface area contributed by atoms with Crippen LogP contribution < -0.4 is 10.6 Å². The number of aliphatic hydroxyl groups is 1. The van der Waals surface area contributed by atoms with E-state index in [4.69, 9.17) is 5.73 Å². The maximum Gasteiger partial charge on any atom is 0.451 e. The van der Waals surface area contributed by atoms with Crippen molar-refractivity contribution in [1.82, 2.24) is 9.97 Å². The van der Waals surface area contributed by atoms with Gasteiger partial charge in [-0.05, 0) is 25.7 Å². The molecule has 0 aromatic carbocycles. The van der Waals surface area contributed by atoms with E-state index in [1.165, 1.54) is 6.07 Å². The van der Waals surface area contributed by atoms with Gasteiger partial charge in [0.2, 0.25) is 5.82 Å². The first kappa shape index (κ1) is 14.8. The van der Waals surface area contributed by atoms with Crippen molar-refractivity contribution in [3.05, 3.63) is 11.9 Å². The second-order valence-electron chi connectivity index (χ2n) is 5.04. The van der Waals surface area contributed by atoms with Crippen LogP contribution in [0.4, 0.5) is 24.8 Å². The fraction of sp³-hybridized carbons (Fsp3) is 0.667. The van der Waals surface area contributed by atoms with E-state index in [9.17, 15) is 18.3 Å². The van der Waals surface area contributed by atoms with Crippen molar-refractivity contribution in [2.45, 2.75) is 32.0 Å². The molecule has 1 aromatic rings. The monoisotopic (exact) mass is 290 g/mol. The van der Waals surface area contributed by atoms with E-state index in [1.807, 2.05) is 0 Å². The number of nitrogens with two attached hydrogens (primary N) is 1. The molecular formula is C12H17F3N4O. The summed E-state index contributed by atoms with van der Waals surface area (Å²) in [5, 5.41) is 9.52. The van der Waals surface area contributed by atoms with Gasteiger partial charge >= 0.3 is 6.18 Å². The third-order valence-electron chi connectivity index (χ3n) is 3.53. The third kappa shape index (κ3) is 3.30. The summed E-state index contributed by atoms with van der Waals surface area (Å²) in [6, 6.07) is 1.35. The lowest BCUT2D eigenvalue weighted by Gasteiger charge is -2.34. The Hall–Kier alpha value is -1.57. The number of piperidine rings is 1. The Kier molecular flexibility index (Phi) is 4.03. The lowest BCUT2D eigenvalue weighted by Crippen LogP contribution is -2.37. The summed E-state index contributed by atoms with van der Waals surface area (Å²) in [5.41, 5.74) is 5.42. The van der Waals surface area contributed by atoms with Gasteiger partial charge in [0.1, 0.15) is 11.6 Å². The predicted octanol–water partition coefficient (Wildman–Crippen LogP) is 1.67. The van der Waals surface area contributed by atoms with Crippen molar-refractivity contribution < 1.29 is 18.3 Å². The first-order chi connectivity index (χ1) is 9.27. The fourth-order valence-corrected chi connectivity index (χ4v) is 2.35. The van der Waals surface area contributed by atoms with Gasteiger partial charge in [-0.1, -0.05) is 0 Å².